The van der Waals surface area contributed by atoms with Crippen molar-refractivity contribution in [1.29, 1.82) is 0 Å². The Morgan fingerprint density at radius 2 is 2.10 bits per heavy atom. The number of ether oxygens (including phenoxy) is 1. The first-order valence-corrected chi connectivity index (χ1v) is 3.03. The van der Waals surface area contributed by atoms with Crippen molar-refractivity contribution in [2.24, 2.45) is 0 Å². The first kappa shape index (κ1) is 7.37. The maximum Gasteiger partial charge on any atom is 0.158 e. The Hall–Kier alpha value is -0.740. The third kappa shape index (κ3) is 1.08. The van der Waals surface area contributed by atoms with E-state index in [0.29, 0.717) is 0 Å². The maximum atomic E-state index is 9.04. The van der Waals surface area contributed by atoms with Crippen molar-refractivity contribution in [3.63, 3.8) is 0 Å². The number of aliphatic hydroxyl groups excluding tert-OH is 3. The zero-order valence-corrected chi connectivity index (χ0v) is 5.56. The minimum absolute atomic E-state index is 0.328. The summed E-state index contributed by atoms with van der Waals surface area (Å²) in [5.41, 5.74) is 0. The molecule has 0 saturated heterocycles. The van der Waals surface area contributed by atoms with Crippen LogP contribution in [-0.2, 0) is 4.74 Å². The molecule has 4 nitrogen and oxygen atoms in total. The van der Waals surface area contributed by atoms with Gasteiger partial charge in [-0.25, -0.2) is 0 Å². The molecule has 0 saturated carbocycles. The van der Waals surface area contributed by atoms with Gasteiger partial charge in [-0.05, 0) is 6.92 Å². The molecule has 2 unspecified atom stereocenters. The number of rotatable bonds is 0. The molecule has 0 aromatic heterocycles. The molecule has 0 bridgehead atoms. The number of hydrogen-bond acceptors (Lipinski definition) is 4. The van der Waals surface area contributed by atoms with Gasteiger partial charge in [0.25, 0.3) is 0 Å². The van der Waals surface area contributed by atoms with Gasteiger partial charge in [0.1, 0.15) is 24.6 Å². The highest BCUT2D eigenvalue weighted by atomic mass is 16.5. The molecule has 3 atom stereocenters. The second-order valence-corrected chi connectivity index (χ2v) is 2.32. The summed E-state index contributed by atoms with van der Waals surface area (Å²) in [6.07, 6.45) is -1.66. The van der Waals surface area contributed by atoms with Crippen molar-refractivity contribution in [2.45, 2.75) is 25.2 Å². The minimum atomic E-state index is -1.20. The fourth-order valence-corrected chi connectivity index (χ4v) is 0.759. The summed E-state index contributed by atoms with van der Waals surface area (Å²) in [5.74, 6) is -0.328. The predicted molar refractivity (Wildman–Crippen MR) is 33.3 cm³/mol. The summed E-state index contributed by atoms with van der Waals surface area (Å²) in [5, 5.41) is 26.8. The number of hydrogen-bond donors (Lipinski definition) is 3. The molecule has 0 amide bonds. The highest BCUT2D eigenvalue weighted by molar-refractivity contribution is 5.02. The van der Waals surface area contributed by atoms with Gasteiger partial charge in [-0.3, -0.25) is 0 Å². The Morgan fingerprint density at radius 1 is 1.50 bits per heavy atom. The van der Waals surface area contributed by atoms with Crippen LogP contribution >= 0.6 is 0 Å². The van der Waals surface area contributed by atoms with Crippen LogP contribution < -0.4 is 0 Å². The molecular formula is C6H10O4. The molecule has 4 heteroatoms. The topological polar surface area (TPSA) is 69.9 Å². The first-order valence-electron chi connectivity index (χ1n) is 3.03. The van der Waals surface area contributed by atoms with E-state index in [1.807, 2.05) is 0 Å². The Labute approximate surface area is 58.4 Å². The summed E-state index contributed by atoms with van der Waals surface area (Å²) < 4.78 is 4.75. The lowest BCUT2D eigenvalue weighted by Crippen LogP contribution is -2.40. The molecule has 0 aliphatic carbocycles. The van der Waals surface area contributed by atoms with Gasteiger partial charge < -0.3 is 20.1 Å². The van der Waals surface area contributed by atoms with Crippen LogP contribution in [0.3, 0.4) is 0 Å². The van der Waals surface area contributed by atoms with Crippen LogP contribution in [0.1, 0.15) is 6.92 Å². The first-order chi connectivity index (χ1) is 4.63. The van der Waals surface area contributed by atoms with E-state index in [1.54, 1.807) is 6.92 Å². The maximum absolute atomic E-state index is 9.04. The zero-order chi connectivity index (χ0) is 7.72. The Balaban J connectivity index is 2.71. The zero-order valence-electron chi connectivity index (χ0n) is 5.56. The molecule has 1 heterocycles. The molecule has 1 aliphatic rings. The lowest BCUT2D eigenvalue weighted by atomic mass is 10.1. The van der Waals surface area contributed by atoms with Crippen LogP contribution in [0.4, 0.5) is 0 Å². The van der Waals surface area contributed by atoms with Crippen molar-refractivity contribution >= 4 is 0 Å². The molecule has 10 heavy (non-hydrogen) atoms. The van der Waals surface area contributed by atoms with Gasteiger partial charge >= 0.3 is 0 Å². The monoisotopic (exact) mass is 146 g/mol. The molecule has 58 valence electrons. The average molecular weight is 146 g/mol. The van der Waals surface area contributed by atoms with E-state index in [0.717, 1.165) is 6.26 Å². The van der Waals surface area contributed by atoms with Crippen molar-refractivity contribution < 1.29 is 20.1 Å². The van der Waals surface area contributed by atoms with E-state index in [-0.39, 0.29) is 5.76 Å². The fraction of sp³-hybridized carbons (Fsp3) is 0.667. The summed E-state index contributed by atoms with van der Waals surface area (Å²) in [6.45, 7) is 1.61. The van der Waals surface area contributed by atoms with Crippen LogP contribution in [0, 0.1) is 0 Å². The molecule has 1 aliphatic heterocycles. The van der Waals surface area contributed by atoms with Crippen molar-refractivity contribution in [3.05, 3.63) is 12.0 Å². The minimum Gasteiger partial charge on any atom is -0.506 e. The smallest absolute Gasteiger partial charge is 0.158 e. The highest BCUT2D eigenvalue weighted by Crippen LogP contribution is 2.15. The Bertz CT molecular complexity index is 154. The summed E-state index contributed by atoms with van der Waals surface area (Å²) in [4.78, 5) is 0. The molecule has 0 fully saturated rings. The van der Waals surface area contributed by atoms with Crippen molar-refractivity contribution in [2.75, 3.05) is 0 Å². The second kappa shape index (κ2) is 2.48. The third-order valence-electron chi connectivity index (χ3n) is 1.51. The van der Waals surface area contributed by atoms with Gasteiger partial charge in [0.05, 0.1) is 0 Å². The largest absolute Gasteiger partial charge is 0.506 e. The quantitative estimate of drug-likeness (QED) is 0.432. The third-order valence-corrected chi connectivity index (χ3v) is 1.51. The van der Waals surface area contributed by atoms with E-state index in [2.05, 4.69) is 0 Å². The molecule has 1 rings (SSSR count). The van der Waals surface area contributed by atoms with Gasteiger partial charge in [-0.2, -0.15) is 0 Å². The van der Waals surface area contributed by atoms with E-state index in [4.69, 9.17) is 20.1 Å². The molecule has 3 N–H and O–H groups in total. The molecule has 0 aromatic carbocycles. The molecule has 0 spiro atoms. The average Bonchev–Trinajstić information content (AvgIpc) is 1.93. The van der Waals surface area contributed by atoms with E-state index >= 15 is 0 Å². The summed E-state index contributed by atoms with van der Waals surface area (Å²) in [6, 6.07) is 0. The summed E-state index contributed by atoms with van der Waals surface area (Å²) in [7, 11) is 0. The number of aliphatic hydroxyl groups is 3. The van der Waals surface area contributed by atoms with Crippen LogP contribution in [0.15, 0.2) is 12.0 Å². The predicted octanol–water partition coefficient (Wildman–Crippen LogP) is -0.474. The van der Waals surface area contributed by atoms with E-state index in [9.17, 15) is 0 Å². The van der Waals surface area contributed by atoms with Gasteiger partial charge in [-0.15, -0.1) is 0 Å². The highest BCUT2D eigenvalue weighted by Gasteiger charge is 2.30. The lowest BCUT2D eigenvalue weighted by molar-refractivity contribution is -0.0785. The van der Waals surface area contributed by atoms with Crippen LogP contribution in [-0.4, -0.2) is 33.6 Å². The van der Waals surface area contributed by atoms with Gasteiger partial charge in [0.2, 0.25) is 0 Å². The van der Waals surface area contributed by atoms with Gasteiger partial charge in [0, 0.05) is 0 Å². The Morgan fingerprint density at radius 3 is 2.60 bits per heavy atom. The summed E-state index contributed by atoms with van der Waals surface area (Å²) >= 11 is 0. The normalized spacial score (nSPS) is 40.3. The van der Waals surface area contributed by atoms with Crippen molar-refractivity contribution in [3.8, 4) is 0 Å². The van der Waals surface area contributed by atoms with Crippen LogP contribution in [0.5, 0.6) is 0 Å². The van der Waals surface area contributed by atoms with Gasteiger partial charge in [-0.1, -0.05) is 0 Å². The van der Waals surface area contributed by atoms with Gasteiger partial charge in [0.15, 0.2) is 5.76 Å². The molecular weight excluding hydrogens is 136 g/mol. The van der Waals surface area contributed by atoms with Crippen LogP contribution in [0.2, 0.25) is 0 Å². The second-order valence-electron chi connectivity index (χ2n) is 2.32. The molecule has 0 aromatic rings. The standard InChI is InChI=1S/C6H10O4/c1-3-5(8)6(9)4(7)2-10-3/h2-3,5-9H,1H3/t3?,5?,6-/m0/s1. The SMILES string of the molecule is CC1OC=C(O)[C@H](O)C1O. The molecule has 0 radical (unpaired) electrons. The van der Waals surface area contributed by atoms with E-state index < -0.39 is 18.3 Å². The van der Waals surface area contributed by atoms with Crippen molar-refractivity contribution in [1.82, 2.24) is 0 Å². The Kier molecular flexibility index (Phi) is 1.82. The fourth-order valence-electron chi connectivity index (χ4n) is 0.759. The van der Waals surface area contributed by atoms with Crippen LogP contribution in [0.25, 0.3) is 0 Å². The lowest BCUT2D eigenvalue weighted by Gasteiger charge is -2.27. The van der Waals surface area contributed by atoms with E-state index in [1.165, 1.54) is 0 Å².